The molecule has 0 aliphatic heterocycles. The van der Waals surface area contributed by atoms with E-state index in [-0.39, 0.29) is 10.9 Å². The Hall–Kier alpha value is -0.321. The first kappa shape index (κ1) is 19.7. The molecule has 0 heterocycles. The number of hydrogen-bond acceptors (Lipinski definition) is 3. The molecule has 0 atom stereocenters. The van der Waals surface area contributed by atoms with Crippen LogP contribution in [0.4, 0.5) is 0 Å². The molecular weight excluding hydrogens is 383 g/mol. The summed E-state index contributed by atoms with van der Waals surface area (Å²) in [5.74, 6) is 0.464. The van der Waals surface area contributed by atoms with Crippen LogP contribution in [0.25, 0.3) is 0 Å². The van der Waals surface area contributed by atoms with Crippen LogP contribution in [0.2, 0.25) is 13.3 Å². The summed E-state index contributed by atoms with van der Waals surface area (Å²) in [6, 6.07) is 0. The molecule has 22 heavy (non-hydrogen) atoms. The Kier molecular flexibility index (Phi) is 8.73. The van der Waals surface area contributed by atoms with Gasteiger partial charge < -0.3 is 0 Å². The molecule has 0 saturated heterocycles. The summed E-state index contributed by atoms with van der Waals surface area (Å²) in [5.41, 5.74) is -0.551. The van der Waals surface area contributed by atoms with E-state index in [4.69, 9.17) is 4.74 Å². The Labute approximate surface area is 139 Å². The zero-order valence-corrected chi connectivity index (χ0v) is 17.6. The van der Waals surface area contributed by atoms with Crippen LogP contribution in [-0.4, -0.2) is 25.0 Å². The van der Waals surface area contributed by atoms with Crippen LogP contribution in [0.3, 0.4) is 0 Å². The zero-order chi connectivity index (χ0) is 16.6. The van der Waals surface area contributed by atoms with Gasteiger partial charge in [0.1, 0.15) is 0 Å². The van der Waals surface area contributed by atoms with Crippen molar-refractivity contribution in [3.05, 3.63) is 20.4 Å². The van der Waals surface area contributed by atoms with Crippen molar-refractivity contribution in [2.45, 2.75) is 79.5 Å². The van der Waals surface area contributed by atoms with Crippen LogP contribution < -0.4 is 19.2 Å². The maximum atomic E-state index is 12.3. The van der Waals surface area contributed by atoms with Gasteiger partial charge in [0, 0.05) is 0 Å². The van der Waals surface area contributed by atoms with E-state index in [2.05, 4.69) is 20.8 Å². The molecule has 0 amide bonds. The van der Waals surface area contributed by atoms with Gasteiger partial charge in [-0.1, -0.05) is 0 Å². The van der Waals surface area contributed by atoms with Crippen LogP contribution in [-0.2, 0) is 0 Å². The SMILES string of the molecule is CCC[CH2][Sn]([CH2]CCC)([CH2]CCC)[c]1c(OCC)c(=O)c1=O. The molecule has 0 bridgehead atoms. The molecule has 0 aromatic heterocycles. The van der Waals surface area contributed by atoms with E-state index in [0.717, 1.165) is 22.8 Å². The van der Waals surface area contributed by atoms with Gasteiger partial charge in [-0.05, 0) is 0 Å². The van der Waals surface area contributed by atoms with E-state index in [9.17, 15) is 9.59 Å². The number of rotatable bonds is 12. The van der Waals surface area contributed by atoms with Gasteiger partial charge in [-0.2, -0.15) is 0 Å². The van der Waals surface area contributed by atoms with Gasteiger partial charge in [0.15, 0.2) is 0 Å². The first-order valence-electron chi connectivity index (χ1n) is 9.04. The molecule has 1 aromatic carbocycles. The van der Waals surface area contributed by atoms with E-state index in [0.29, 0.717) is 12.4 Å². The molecular formula is C18H32O3Sn. The zero-order valence-electron chi connectivity index (χ0n) is 14.8. The fourth-order valence-electron chi connectivity index (χ4n) is 3.43. The number of hydrogen-bond donors (Lipinski definition) is 0. The quantitative estimate of drug-likeness (QED) is 0.386. The number of ether oxygens (including phenoxy) is 1. The average molecular weight is 415 g/mol. The first-order valence-corrected chi connectivity index (χ1v) is 16.5. The summed E-state index contributed by atoms with van der Waals surface area (Å²) < 4.78 is 10.1. The van der Waals surface area contributed by atoms with Crippen LogP contribution in [0.15, 0.2) is 9.59 Å². The fourth-order valence-corrected chi connectivity index (χ4v) is 20.1. The summed E-state index contributed by atoms with van der Waals surface area (Å²) in [5, 5.41) is 0. The molecule has 1 aromatic rings. The van der Waals surface area contributed by atoms with E-state index in [1.54, 1.807) is 0 Å². The van der Waals surface area contributed by atoms with Gasteiger partial charge in [0.05, 0.1) is 0 Å². The molecule has 0 saturated carbocycles. The van der Waals surface area contributed by atoms with Crippen molar-refractivity contribution in [2.24, 2.45) is 0 Å². The van der Waals surface area contributed by atoms with Crippen molar-refractivity contribution in [3.8, 4) is 5.75 Å². The summed E-state index contributed by atoms with van der Waals surface area (Å²) in [4.78, 5) is 24.3. The molecule has 0 radical (unpaired) electrons. The molecule has 4 heteroatoms. The van der Waals surface area contributed by atoms with Crippen molar-refractivity contribution in [1.29, 1.82) is 0 Å². The van der Waals surface area contributed by atoms with Crippen LogP contribution in [0.1, 0.15) is 66.2 Å². The minimum atomic E-state index is -2.79. The molecule has 0 aliphatic carbocycles. The standard InChI is InChI=1S/C6H5O3.3C4H9.Sn/c1-2-9-5-3-4(7)6(5)8;3*1-3-4-2;/h2H2,1H3;3*1,3-4H2,2H3;. The minimum absolute atomic E-state index is 0.192. The Bertz CT molecular complexity index is 493. The Morgan fingerprint density at radius 2 is 1.23 bits per heavy atom. The second-order valence-corrected chi connectivity index (χ2v) is 19.4. The van der Waals surface area contributed by atoms with E-state index in [1.807, 2.05) is 6.92 Å². The molecule has 0 unspecified atom stereocenters. The monoisotopic (exact) mass is 416 g/mol. The average Bonchev–Trinajstić information content (AvgIpc) is 2.54. The first-order chi connectivity index (χ1) is 10.6. The van der Waals surface area contributed by atoms with E-state index in [1.165, 1.54) is 32.6 Å². The number of unbranched alkanes of at least 4 members (excludes halogenated alkanes) is 3. The predicted octanol–water partition coefficient (Wildman–Crippen LogP) is 3.74. The third-order valence-corrected chi connectivity index (χ3v) is 20.3. The Morgan fingerprint density at radius 1 is 0.773 bits per heavy atom. The summed E-state index contributed by atoms with van der Waals surface area (Å²) in [7, 11) is 0. The molecule has 1 rings (SSSR count). The van der Waals surface area contributed by atoms with Crippen LogP contribution >= 0.6 is 0 Å². The van der Waals surface area contributed by atoms with E-state index < -0.39 is 18.4 Å². The molecule has 0 spiro atoms. The molecule has 0 N–H and O–H groups in total. The molecule has 3 nitrogen and oxygen atoms in total. The van der Waals surface area contributed by atoms with Gasteiger partial charge in [-0.3, -0.25) is 0 Å². The Balaban J connectivity index is 3.23. The molecule has 0 fully saturated rings. The van der Waals surface area contributed by atoms with Crippen molar-refractivity contribution >= 4 is 22.0 Å². The summed E-state index contributed by atoms with van der Waals surface area (Å²) >= 11 is -2.79. The second-order valence-electron chi connectivity index (χ2n) is 6.39. The van der Waals surface area contributed by atoms with Crippen molar-refractivity contribution < 1.29 is 4.74 Å². The topological polar surface area (TPSA) is 43.4 Å². The predicted molar refractivity (Wildman–Crippen MR) is 97.1 cm³/mol. The van der Waals surface area contributed by atoms with Gasteiger partial charge in [-0.15, -0.1) is 0 Å². The molecule has 126 valence electrons. The van der Waals surface area contributed by atoms with Crippen LogP contribution in [0, 0.1) is 0 Å². The van der Waals surface area contributed by atoms with Gasteiger partial charge in [-0.25, -0.2) is 0 Å². The Morgan fingerprint density at radius 3 is 1.59 bits per heavy atom. The third kappa shape index (κ3) is 4.36. The molecule has 0 aliphatic rings. The van der Waals surface area contributed by atoms with Gasteiger partial charge in [0.2, 0.25) is 0 Å². The van der Waals surface area contributed by atoms with E-state index >= 15 is 0 Å². The normalized spacial score (nSPS) is 12.0. The van der Waals surface area contributed by atoms with Gasteiger partial charge in [0.25, 0.3) is 0 Å². The summed E-state index contributed by atoms with van der Waals surface area (Å²) in [6.45, 7) is 9.00. The van der Waals surface area contributed by atoms with Crippen molar-refractivity contribution in [1.82, 2.24) is 0 Å². The van der Waals surface area contributed by atoms with Crippen LogP contribution in [0.5, 0.6) is 5.75 Å². The summed E-state index contributed by atoms with van der Waals surface area (Å²) in [6.07, 6.45) is 7.05. The van der Waals surface area contributed by atoms with Crippen molar-refractivity contribution in [3.63, 3.8) is 0 Å². The maximum absolute atomic E-state index is 12.3. The second kappa shape index (κ2) is 9.74. The van der Waals surface area contributed by atoms with Gasteiger partial charge >= 0.3 is 139 Å². The fraction of sp³-hybridized carbons (Fsp3) is 0.778. The van der Waals surface area contributed by atoms with Crippen molar-refractivity contribution in [2.75, 3.05) is 6.61 Å². The third-order valence-electron chi connectivity index (χ3n) is 4.71.